The molecule has 1 aromatic rings. The molecule has 96 valence electrons. The highest BCUT2D eigenvalue weighted by molar-refractivity contribution is 5.49. The SMILES string of the molecule is CN1CCOC(CNc2ccc(F)c(C#N)c2)C1. The maximum atomic E-state index is 13.1. The predicted molar refractivity (Wildman–Crippen MR) is 66.8 cm³/mol. The summed E-state index contributed by atoms with van der Waals surface area (Å²) in [7, 11) is 2.06. The quantitative estimate of drug-likeness (QED) is 0.880. The second-order valence-corrected chi connectivity index (χ2v) is 4.44. The van der Waals surface area contributed by atoms with Gasteiger partial charge in [0.1, 0.15) is 11.9 Å². The maximum absolute atomic E-state index is 13.1. The molecule has 1 saturated heterocycles. The van der Waals surface area contributed by atoms with Crippen LogP contribution in [0.1, 0.15) is 5.56 Å². The number of rotatable bonds is 3. The molecule has 18 heavy (non-hydrogen) atoms. The van der Waals surface area contributed by atoms with Gasteiger partial charge in [-0.05, 0) is 25.2 Å². The third-order valence-corrected chi connectivity index (χ3v) is 2.96. The molecule has 1 unspecified atom stereocenters. The Labute approximate surface area is 106 Å². The molecule has 4 nitrogen and oxygen atoms in total. The minimum Gasteiger partial charge on any atom is -0.382 e. The molecule has 1 aliphatic heterocycles. The molecule has 1 fully saturated rings. The third-order valence-electron chi connectivity index (χ3n) is 2.96. The number of benzene rings is 1. The van der Waals surface area contributed by atoms with Gasteiger partial charge in [-0.1, -0.05) is 0 Å². The van der Waals surface area contributed by atoms with E-state index < -0.39 is 5.82 Å². The van der Waals surface area contributed by atoms with Gasteiger partial charge in [0.05, 0.1) is 18.3 Å². The van der Waals surface area contributed by atoms with Crippen LogP contribution in [-0.4, -0.2) is 44.3 Å². The van der Waals surface area contributed by atoms with Crippen molar-refractivity contribution in [3.05, 3.63) is 29.6 Å². The summed E-state index contributed by atoms with van der Waals surface area (Å²) in [6.45, 7) is 3.21. The monoisotopic (exact) mass is 249 g/mol. The fourth-order valence-electron chi connectivity index (χ4n) is 1.94. The Morgan fingerprint density at radius 2 is 2.44 bits per heavy atom. The first kappa shape index (κ1) is 12.8. The molecule has 1 aliphatic rings. The smallest absolute Gasteiger partial charge is 0.141 e. The lowest BCUT2D eigenvalue weighted by molar-refractivity contribution is -0.0117. The molecule has 0 aromatic heterocycles. The van der Waals surface area contributed by atoms with Gasteiger partial charge in [-0.15, -0.1) is 0 Å². The Hall–Kier alpha value is -1.64. The highest BCUT2D eigenvalue weighted by Crippen LogP contribution is 2.14. The second-order valence-electron chi connectivity index (χ2n) is 4.44. The first-order valence-corrected chi connectivity index (χ1v) is 5.92. The van der Waals surface area contributed by atoms with Crippen LogP contribution >= 0.6 is 0 Å². The van der Waals surface area contributed by atoms with Crippen molar-refractivity contribution in [2.75, 3.05) is 38.6 Å². The maximum Gasteiger partial charge on any atom is 0.141 e. The van der Waals surface area contributed by atoms with Crippen molar-refractivity contribution >= 4 is 5.69 Å². The predicted octanol–water partition coefficient (Wildman–Crippen LogP) is 1.44. The lowest BCUT2D eigenvalue weighted by atomic mass is 10.2. The Bertz CT molecular complexity index is 458. The molecule has 0 bridgehead atoms. The molecule has 1 aromatic carbocycles. The zero-order valence-electron chi connectivity index (χ0n) is 10.3. The van der Waals surface area contributed by atoms with E-state index in [9.17, 15) is 4.39 Å². The van der Waals surface area contributed by atoms with E-state index in [2.05, 4.69) is 17.3 Å². The van der Waals surface area contributed by atoms with E-state index in [4.69, 9.17) is 10.00 Å². The van der Waals surface area contributed by atoms with Crippen LogP contribution in [-0.2, 0) is 4.74 Å². The van der Waals surface area contributed by atoms with Gasteiger partial charge < -0.3 is 15.0 Å². The van der Waals surface area contributed by atoms with Crippen molar-refractivity contribution in [3.63, 3.8) is 0 Å². The standard InChI is InChI=1S/C13H16FN3O/c1-17-4-5-18-12(9-17)8-16-11-2-3-13(14)10(6-11)7-15/h2-3,6,12,16H,4-5,8-9H2,1H3. The Morgan fingerprint density at radius 3 is 3.17 bits per heavy atom. The summed E-state index contributed by atoms with van der Waals surface area (Å²) in [6, 6.07) is 6.27. The zero-order chi connectivity index (χ0) is 13.0. The summed E-state index contributed by atoms with van der Waals surface area (Å²) in [4.78, 5) is 2.21. The average Bonchev–Trinajstić information content (AvgIpc) is 2.38. The van der Waals surface area contributed by atoms with Gasteiger partial charge in [0.2, 0.25) is 0 Å². The van der Waals surface area contributed by atoms with Gasteiger partial charge in [0, 0.05) is 25.3 Å². The van der Waals surface area contributed by atoms with Crippen molar-refractivity contribution in [1.82, 2.24) is 4.90 Å². The molecule has 0 radical (unpaired) electrons. The molecule has 1 N–H and O–H groups in total. The van der Waals surface area contributed by atoms with Crippen LogP contribution in [0, 0.1) is 17.1 Å². The van der Waals surface area contributed by atoms with Crippen molar-refractivity contribution < 1.29 is 9.13 Å². The van der Waals surface area contributed by atoms with E-state index in [1.54, 1.807) is 6.07 Å². The molecule has 0 saturated carbocycles. The molecule has 1 atom stereocenters. The number of nitrogens with one attached hydrogen (secondary N) is 1. The first-order valence-electron chi connectivity index (χ1n) is 5.92. The van der Waals surface area contributed by atoms with Crippen LogP contribution in [0.5, 0.6) is 0 Å². The minimum absolute atomic E-state index is 0.0571. The molecular weight excluding hydrogens is 233 g/mol. The van der Waals surface area contributed by atoms with E-state index in [0.29, 0.717) is 6.54 Å². The van der Waals surface area contributed by atoms with E-state index in [1.165, 1.54) is 12.1 Å². The molecular formula is C13H16FN3O. The van der Waals surface area contributed by atoms with E-state index in [0.717, 1.165) is 25.4 Å². The number of hydrogen-bond donors (Lipinski definition) is 1. The Balaban J connectivity index is 1.92. The van der Waals surface area contributed by atoms with Gasteiger partial charge in [0.15, 0.2) is 0 Å². The number of ether oxygens (including phenoxy) is 1. The minimum atomic E-state index is -0.489. The summed E-state index contributed by atoms with van der Waals surface area (Å²) >= 11 is 0. The zero-order valence-corrected chi connectivity index (χ0v) is 10.3. The van der Waals surface area contributed by atoms with Crippen LogP contribution in [0.25, 0.3) is 0 Å². The number of morpholine rings is 1. The van der Waals surface area contributed by atoms with Crippen LogP contribution < -0.4 is 5.32 Å². The second kappa shape index (κ2) is 5.80. The fraction of sp³-hybridized carbons (Fsp3) is 0.462. The normalized spacial score (nSPS) is 20.4. The number of nitrogens with zero attached hydrogens (tertiary/aromatic N) is 2. The molecule has 5 heteroatoms. The van der Waals surface area contributed by atoms with E-state index >= 15 is 0 Å². The van der Waals surface area contributed by atoms with Crippen molar-refractivity contribution in [2.45, 2.75) is 6.10 Å². The van der Waals surface area contributed by atoms with Crippen LogP contribution in [0.2, 0.25) is 0 Å². The molecule has 1 heterocycles. The lowest BCUT2D eigenvalue weighted by Crippen LogP contribution is -2.43. The van der Waals surface area contributed by atoms with Crippen molar-refractivity contribution in [3.8, 4) is 6.07 Å². The van der Waals surface area contributed by atoms with Gasteiger partial charge >= 0.3 is 0 Å². The van der Waals surface area contributed by atoms with Crippen LogP contribution in [0.3, 0.4) is 0 Å². The van der Waals surface area contributed by atoms with E-state index in [1.807, 2.05) is 6.07 Å². The van der Waals surface area contributed by atoms with Crippen LogP contribution in [0.4, 0.5) is 10.1 Å². The number of nitriles is 1. The van der Waals surface area contributed by atoms with Crippen molar-refractivity contribution in [2.24, 2.45) is 0 Å². The number of hydrogen-bond acceptors (Lipinski definition) is 4. The lowest BCUT2D eigenvalue weighted by Gasteiger charge is -2.30. The van der Waals surface area contributed by atoms with Crippen molar-refractivity contribution in [1.29, 1.82) is 5.26 Å². The number of halogens is 1. The largest absolute Gasteiger partial charge is 0.382 e. The summed E-state index contributed by atoms with van der Waals surface area (Å²) in [6.07, 6.45) is 0.124. The fourth-order valence-corrected chi connectivity index (χ4v) is 1.94. The Kier molecular flexibility index (Phi) is 4.13. The first-order chi connectivity index (χ1) is 8.69. The summed E-state index contributed by atoms with van der Waals surface area (Å²) < 4.78 is 18.7. The highest BCUT2D eigenvalue weighted by Gasteiger charge is 2.17. The van der Waals surface area contributed by atoms with Gasteiger partial charge in [-0.3, -0.25) is 0 Å². The summed E-state index contributed by atoms with van der Waals surface area (Å²) in [5.41, 5.74) is 0.798. The van der Waals surface area contributed by atoms with Crippen LogP contribution in [0.15, 0.2) is 18.2 Å². The summed E-state index contributed by atoms with van der Waals surface area (Å²) in [5, 5.41) is 11.9. The van der Waals surface area contributed by atoms with Gasteiger partial charge in [-0.25, -0.2) is 4.39 Å². The molecule has 0 aliphatic carbocycles. The molecule has 0 amide bonds. The van der Waals surface area contributed by atoms with Gasteiger partial charge in [-0.2, -0.15) is 5.26 Å². The molecule has 2 rings (SSSR count). The molecule has 0 spiro atoms. The highest BCUT2D eigenvalue weighted by atomic mass is 19.1. The third kappa shape index (κ3) is 3.19. The summed E-state index contributed by atoms with van der Waals surface area (Å²) in [5.74, 6) is -0.489. The number of likely N-dealkylation sites (N-methyl/N-ethyl adjacent to an activating group) is 1. The average molecular weight is 249 g/mol. The van der Waals surface area contributed by atoms with Gasteiger partial charge in [0.25, 0.3) is 0 Å². The topological polar surface area (TPSA) is 48.3 Å². The number of anilines is 1. The van der Waals surface area contributed by atoms with E-state index in [-0.39, 0.29) is 11.7 Å². The Morgan fingerprint density at radius 1 is 1.61 bits per heavy atom.